The number of hydrogen-bond acceptors (Lipinski definition) is 2. The van der Waals surface area contributed by atoms with Gasteiger partial charge < -0.3 is 10.0 Å². The number of aliphatic hydroxyl groups is 1. The monoisotopic (exact) mass is 273 g/mol. The van der Waals surface area contributed by atoms with Crippen molar-refractivity contribution < 1.29 is 5.11 Å². The van der Waals surface area contributed by atoms with E-state index in [9.17, 15) is 5.11 Å². The van der Waals surface area contributed by atoms with E-state index in [4.69, 9.17) is 0 Å². The fourth-order valence-corrected chi connectivity index (χ4v) is 4.47. The molecule has 2 nitrogen and oxygen atoms in total. The van der Waals surface area contributed by atoms with Crippen molar-refractivity contribution in [2.45, 2.75) is 25.4 Å². The van der Waals surface area contributed by atoms with Crippen molar-refractivity contribution in [3.05, 3.63) is 0 Å². The Morgan fingerprint density at radius 1 is 1.20 bits per heavy atom. The van der Waals surface area contributed by atoms with Crippen molar-refractivity contribution in [3.8, 4) is 0 Å². The highest BCUT2D eigenvalue weighted by Crippen LogP contribution is 2.54. The maximum Gasteiger partial charge on any atom is 0.0763 e. The number of likely N-dealkylation sites (tertiary alicyclic amines) is 1. The van der Waals surface area contributed by atoms with Gasteiger partial charge in [0.15, 0.2) is 0 Å². The summed E-state index contributed by atoms with van der Waals surface area (Å²) in [5.74, 6) is 4.02. The highest BCUT2D eigenvalue weighted by atomic mass is 79.9. The molecule has 0 aromatic rings. The largest absolute Gasteiger partial charge is 0.391 e. The van der Waals surface area contributed by atoms with Gasteiger partial charge in [0, 0.05) is 25.0 Å². The van der Waals surface area contributed by atoms with Gasteiger partial charge in [-0.05, 0) is 42.9 Å². The predicted molar refractivity (Wildman–Crippen MR) is 64.1 cm³/mol. The molecule has 15 heavy (non-hydrogen) atoms. The zero-order valence-electron chi connectivity index (χ0n) is 9.11. The third kappa shape index (κ3) is 1.77. The van der Waals surface area contributed by atoms with Gasteiger partial charge in [0.2, 0.25) is 0 Å². The van der Waals surface area contributed by atoms with Crippen molar-refractivity contribution in [2.75, 3.05) is 25.0 Å². The van der Waals surface area contributed by atoms with Crippen LogP contribution in [0.3, 0.4) is 0 Å². The zero-order valence-corrected chi connectivity index (χ0v) is 10.7. The lowest BCUT2D eigenvalue weighted by molar-refractivity contribution is 0.138. The van der Waals surface area contributed by atoms with Crippen molar-refractivity contribution >= 4 is 15.9 Å². The van der Waals surface area contributed by atoms with Gasteiger partial charge >= 0.3 is 0 Å². The first-order valence-corrected chi connectivity index (χ1v) is 7.36. The molecular formula is C12H20BrNO. The van der Waals surface area contributed by atoms with E-state index in [0.29, 0.717) is 5.33 Å². The Morgan fingerprint density at radius 3 is 2.33 bits per heavy atom. The number of halogens is 1. The average Bonchev–Trinajstić information content (AvgIpc) is 2.87. The lowest BCUT2D eigenvalue weighted by atomic mass is 9.82. The minimum atomic E-state index is -0.179. The molecule has 3 fully saturated rings. The summed E-state index contributed by atoms with van der Waals surface area (Å²) in [6.07, 6.45) is 4.31. The number of nitrogens with zero attached hydrogens (tertiary/aromatic N) is 1. The summed E-state index contributed by atoms with van der Waals surface area (Å²) in [7, 11) is 0. The summed E-state index contributed by atoms with van der Waals surface area (Å²) in [4.78, 5) is 2.49. The Morgan fingerprint density at radius 2 is 1.80 bits per heavy atom. The molecule has 3 heteroatoms. The Balaban J connectivity index is 1.60. The first-order valence-electron chi connectivity index (χ1n) is 6.24. The van der Waals surface area contributed by atoms with Crippen molar-refractivity contribution in [2.24, 2.45) is 23.7 Å². The number of rotatable bonds is 3. The zero-order chi connectivity index (χ0) is 10.4. The standard InChI is InChI=1S/C12H20BrNO/c13-4-10(15)5-14-6-11-8-1-2-9(3-8)12(11)7-14/h8-12,15H,1-7H2. The number of alkyl halides is 1. The highest BCUT2D eigenvalue weighted by Gasteiger charge is 2.51. The molecule has 2 aliphatic carbocycles. The molecule has 5 atom stereocenters. The maximum absolute atomic E-state index is 9.64. The second kappa shape index (κ2) is 4.01. The molecule has 1 aliphatic heterocycles. The van der Waals surface area contributed by atoms with Gasteiger partial charge in [-0.3, -0.25) is 0 Å². The molecule has 86 valence electrons. The van der Waals surface area contributed by atoms with E-state index >= 15 is 0 Å². The van der Waals surface area contributed by atoms with E-state index in [1.165, 1.54) is 32.4 Å². The Bertz CT molecular complexity index is 230. The predicted octanol–water partition coefficient (Wildman–Crippen LogP) is 1.72. The van der Waals surface area contributed by atoms with Crippen LogP contribution in [0.1, 0.15) is 19.3 Å². The molecule has 0 spiro atoms. The van der Waals surface area contributed by atoms with Gasteiger partial charge in [0.05, 0.1) is 6.10 Å². The molecule has 3 aliphatic rings. The Labute approximate surface area is 100 Å². The molecule has 0 aromatic carbocycles. The number of hydrogen-bond donors (Lipinski definition) is 1. The average molecular weight is 274 g/mol. The van der Waals surface area contributed by atoms with Crippen molar-refractivity contribution in [1.82, 2.24) is 4.90 Å². The van der Waals surface area contributed by atoms with Crippen LogP contribution in [0.4, 0.5) is 0 Å². The first-order chi connectivity index (χ1) is 7.28. The number of fused-ring (bicyclic) bond motifs is 5. The fourth-order valence-electron chi connectivity index (χ4n) is 4.27. The van der Waals surface area contributed by atoms with E-state index in [2.05, 4.69) is 20.8 Å². The molecular weight excluding hydrogens is 254 g/mol. The van der Waals surface area contributed by atoms with Crippen LogP contribution in [-0.2, 0) is 0 Å². The second-order valence-electron chi connectivity index (χ2n) is 5.69. The molecule has 0 radical (unpaired) electrons. The highest BCUT2D eigenvalue weighted by molar-refractivity contribution is 9.09. The van der Waals surface area contributed by atoms with Gasteiger partial charge in [-0.25, -0.2) is 0 Å². The van der Waals surface area contributed by atoms with Gasteiger partial charge in [-0.15, -0.1) is 0 Å². The van der Waals surface area contributed by atoms with E-state index in [-0.39, 0.29) is 6.10 Å². The van der Waals surface area contributed by atoms with E-state index in [1.807, 2.05) is 0 Å². The summed E-state index contributed by atoms with van der Waals surface area (Å²) < 4.78 is 0. The van der Waals surface area contributed by atoms with Crippen LogP contribution in [-0.4, -0.2) is 41.1 Å². The lowest BCUT2D eigenvalue weighted by Gasteiger charge is -2.22. The lowest BCUT2D eigenvalue weighted by Crippen LogP contribution is -2.32. The summed E-state index contributed by atoms with van der Waals surface area (Å²) in [5, 5.41) is 10.4. The minimum Gasteiger partial charge on any atom is -0.391 e. The Kier molecular flexibility index (Phi) is 2.82. The van der Waals surface area contributed by atoms with E-state index in [1.54, 1.807) is 0 Å². The van der Waals surface area contributed by atoms with Crippen LogP contribution < -0.4 is 0 Å². The van der Waals surface area contributed by atoms with Crippen LogP contribution in [0.25, 0.3) is 0 Å². The van der Waals surface area contributed by atoms with Gasteiger partial charge in [-0.1, -0.05) is 15.9 Å². The molecule has 0 amide bonds. The SMILES string of the molecule is OC(CBr)CN1CC2C3CCC(C3)C2C1. The number of β-amino-alcohol motifs (C(OH)–C–C–N with tert-alkyl or cyclic N) is 1. The van der Waals surface area contributed by atoms with Gasteiger partial charge in [-0.2, -0.15) is 0 Å². The van der Waals surface area contributed by atoms with Gasteiger partial charge in [0.25, 0.3) is 0 Å². The smallest absolute Gasteiger partial charge is 0.0763 e. The molecule has 5 unspecified atom stereocenters. The molecule has 2 saturated carbocycles. The van der Waals surface area contributed by atoms with Crippen molar-refractivity contribution in [1.29, 1.82) is 0 Å². The maximum atomic E-state index is 9.64. The second-order valence-corrected chi connectivity index (χ2v) is 6.34. The Hall–Kier alpha value is 0.400. The normalized spacial score (nSPS) is 46.0. The quantitative estimate of drug-likeness (QED) is 0.792. The summed E-state index contributed by atoms with van der Waals surface area (Å²) in [5.41, 5.74) is 0. The fraction of sp³-hybridized carbons (Fsp3) is 1.00. The van der Waals surface area contributed by atoms with Crippen LogP contribution in [0.5, 0.6) is 0 Å². The minimum absolute atomic E-state index is 0.179. The van der Waals surface area contributed by atoms with Crippen LogP contribution >= 0.6 is 15.9 Å². The van der Waals surface area contributed by atoms with Gasteiger partial charge in [0.1, 0.15) is 0 Å². The topological polar surface area (TPSA) is 23.5 Å². The summed E-state index contributed by atoms with van der Waals surface area (Å²) in [6.45, 7) is 3.39. The summed E-state index contributed by atoms with van der Waals surface area (Å²) >= 11 is 3.34. The first kappa shape index (κ1) is 10.5. The molecule has 1 heterocycles. The molecule has 3 rings (SSSR count). The van der Waals surface area contributed by atoms with E-state index in [0.717, 1.165) is 30.2 Å². The number of aliphatic hydroxyl groups excluding tert-OH is 1. The molecule has 2 bridgehead atoms. The van der Waals surface area contributed by atoms with Crippen LogP contribution in [0.2, 0.25) is 0 Å². The molecule has 1 saturated heterocycles. The van der Waals surface area contributed by atoms with Crippen LogP contribution in [0, 0.1) is 23.7 Å². The third-order valence-electron chi connectivity index (χ3n) is 4.86. The third-order valence-corrected chi connectivity index (χ3v) is 5.61. The molecule has 0 aromatic heterocycles. The summed E-state index contributed by atoms with van der Waals surface area (Å²) in [6, 6.07) is 0. The van der Waals surface area contributed by atoms with Crippen molar-refractivity contribution in [3.63, 3.8) is 0 Å². The van der Waals surface area contributed by atoms with Crippen LogP contribution in [0.15, 0.2) is 0 Å². The van der Waals surface area contributed by atoms with E-state index < -0.39 is 0 Å². The molecule has 1 N–H and O–H groups in total.